The Bertz CT molecular complexity index is 1400. The van der Waals surface area contributed by atoms with E-state index in [0.717, 1.165) is 23.5 Å². The lowest BCUT2D eigenvalue weighted by Gasteiger charge is -2.34. The maximum Gasteiger partial charge on any atom is 0.195 e. The highest BCUT2D eigenvalue weighted by Crippen LogP contribution is 2.34. The molecule has 11 heteroatoms. The zero-order valence-electron chi connectivity index (χ0n) is 19.4. The van der Waals surface area contributed by atoms with Gasteiger partial charge in [-0.05, 0) is 42.8 Å². The number of hydrogen-bond acceptors (Lipinski definition) is 6. The van der Waals surface area contributed by atoms with Gasteiger partial charge >= 0.3 is 0 Å². The van der Waals surface area contributed by atoms with E-state index in [0.29, 0.717) is 34.4 Å². The third-order valence-corrected chi connectivity index (χ3v) is 6.15. The second-order valence-corrected chi connectivity index (χ2v) is 8.83. The number of halogens is 4. The Morgan fingerprint density at radius 1 is 1.17 bits per heavy atom. The zero-order valence-corrected chi connectivity index (χ0v) is 20.1. The molecular weight excluding hydrogens is 495 g/mol. The minimum atomic E-state index is -1.51. The van der Waals surface area contributed by atoms with Crippen LogP contribution in [0.1, 0.15) is 23.7 Å². The zero-order chi connectivity index (χ0) is 25.4. The van der Waals surface area contributed by atoms with Crippen LogP contribution in [0.5, 0.6) is 5.75 Å². The normalized spacial score (nSPS) is 18.8. The SMILES string of the molecule is COc1cc(N=C2C=C(Cl)CN3C2=NOCCC3c2cc(F)c(F)c(F)c2)ccc1-n1cnc(C)c1. The minimum Gasteiger partial charge on any atom is -0.494 e. The summed E-state index contributed by atoms with van der Waals surface area (Å²) >= 11 is 6.46. The lowest BCUT2D eigenvalue weighted by atomic mass is 9.99. The number of imidazole rings is 1. The number of aliphatic imine (C=N–C) groups is 1. The van der Waals surface area contributed by atoms with Gasteiger partial charge in [0.15, 0.2) is 23.3 Å². The van der Waals surface area contributed by atoms with Gasteiger partial charge in [-0.15, -0.1) is 0 Å². The van der Waals surface area contributed by atoms with Gasteiger partial charge in [-0.2, -0.15) is 0 Å². The number of ether oxygens (including phenoxy) is 1. The molecule has 0 fully saturated rings. The third-order valence-electron chi connectivity index (χ3n) is 5.92. The molecule has 0 aliphatic carbocycles. The molecule has 2 aliphatic heterocycles. The van der Waals surface area contributed by atoms with Crippen LogP contribution in [-0.2, 0) is 4.84 Å². The summed E-state index contributed by atoms with van der Waals surface area (Å²) in [5.41, 5.74) is 2.86. The molecule has 0 N–H and O–H groups in total. The highest BCUT2D eigenvalue weighted by atomic mass is 35.5. The van der Waals surface area contributed by atoms with Crippen LogP contribution in [0.3, 0.4) is 0 Å². The Morgan fingerprint density at radius 3 is 2.64 bits per heavy atom. The van der Waals surface area contributed by atoms with Crippen LogP contribution in [0.25, 0.3) is 5.69 Å². The van der Waals surface area contributed by atoms with Crippen LogP contribution < -0.4 is 4.74 Å². The molecule has 2 aliphatic rings. The van der Waals surface area contributed by atoms with Crippen molar-refractivity contribution in [2.24, 2.45) is 10.1 Å². The van der Waals surface area contributed by atoms with Crippen molar-refractivity contribution in [3.63, 3.8) is 0 Å². The van der Waals surface area contributed by atoms with Gasteiger partial charge in [0.05, 0.1) is 43.1 Å². The predicted molar refractivity (Wildman–Crippen MR) is 130 cm³/mol. The molecule has 7 nitrogen and oxygen atoms in total. The van der Waals surface area contributed by atoms with E-state index >= 15 is 0 Å². The Morgan fingerprint density at radius 2 is 1.94 bits per heavy atom. The molecule has 2 aromatic carbocycles. The maximum absolute atomic E-state index is 14.0. The molecule has 1 unspecified atom stereocenters. The van der Waals surface area contributed by atoms with E-state index in [1.807, 2.05) is 23.8 Å². The van der Waals surface area contributed by atoms with Gasteiger partial charge in [0.1, 0.15) is 18.1 Å². The molecule has 36 heavy (non-hydrogen) atoms. The number of rotatable bonds is 4. The molecule has 3 heterocycles. The van der Waals surface area contributed by atoms with Crippen molar-refractivity contribution in [2.75, 3.05) is 20.3 Å². The third kappa shape index (κ3) is 4.56. The van der Waals surface area contributed by atoms with Crippen molar-refractivity contribution in [1.29, 1.82) is 0 Å². The number of amidine groups is 1. The number of benzene rings is 2. The highest BCUT2D eigenvalue weighted by Gasteiger charge is 2.33. The first-order valence-electron chi connectivity index (χ1n) is 11.1. The van der Waals surface area contributed by atoms with Crippen LogP contribution in [0.15, 0.2) is 64.1 Å². The second kappa shape index (κ2) is 9.69. The monoisotopic (exact) mass is 515 g/mol. The molecule has 0 radical (unpaired) electrons. The Labute approximate surface area is 210 Å². The van der Waals surface area contributed by atoms with Crippen LogP contribution >= 0.6 is 11.6 Å². The number of hydrogen-bond donors (Lipinski definition) is 0. The van der Waals surface area contributed by atoms with Gasteiger partial charge < -0.3 is 19.0 Å². The van der Waals surface area contributed by atoms with Gasteiger partial charge in [0, 0.05) is 23.7 Å². The number of aromatic nitrogens is 2. The van der Waals surface area contributed by atoms with Crippen LogP contribution in [0, 0.1) is 24.4 Å². The van der Waals surface area contributed by atoms with E-state index in [-0.39, 0.29) is 18.7 Å². The number of fused-ring (bicyclic) bond motifs is 1. The fraction of sp³-hybridized carbons (Fsp3) is 0.240. The summed E-state index contributed by atoms with van der Waals surface area (Å²) in [6.45, 7) is 2.30. The molecule has 0 saturated carbocycles. The topological polar surface area (TPSA) is 64.2 Å². The van der Waals surface area contributed by atoms with Gasteiger partial charge in [0.2, 0.25) is 0 Å². The molecule has 186 valence electrons. The second-order valence-electron chi connectivity index (χ2n) is 8.35. The van der Waals surface area contributed by atoms with E-state index in [1.165, 1.54) is 0 Å². The van der Waals surface area contributed by atoms with Gasteiger partial charge in [-0.25, -0.2) is 23.1 Å². The molecule has 0 bridgehead atoms. The number of methoxy groups -OCH3 is 1. The summed E-state index contributed by atoms with van der Waals surface area (Å²) in [5, 5.41) is 4.65. The first-order chi connectivity index (χ1) is 17.3. The molecular formula is C25H21ClF3N5O2. The molecule has 0 spiro atoms. The molecule has 0 amide bonds. The van der Waals surface area contributed by atoms with Gasteiger partial charge in [-0.3, -0.25) is 0 Å². The van der Waals surface area contributed by atoms with E-state index in [9.17, 15) is 13.2 Å². The average molecular weight is 516 g/mol. The average Bonchev–Trinajstić information content (AvgIpc) is 3.17. The molecule has 1 atom stereocenters. The quantitative estimate of drug-likeness (QED) is 0.425. The van der Waals surface area contributed by atoms with Crippen LogP contribution in [-0.4, -0.2) is 46.3 Å². The molecule has 5 rings (SSSR count). The summed E-state index contributed by atoms with van der Waals surface area (Å²) in [6.07, 6.45) is 5.58. The Kier molecular flexibility index (Phi) is 6.44. The van der Waals surface area contributed by atoms with Crippen LogP contribution in [0.4, 0.5) is 18.9 Å². The molecule has 1 aromatic heterocycles. The summed E-state index contributed by atoms with van der Waals surface area (Å²) in [7, 11) is 1.56. The summed E-state index contributed by atoms with van der Waals surface area (Å²) in [4.78, 5) is 16.1. The lowest BCUT2D eigenvalue weighted by molar-refractivity contribution is 0.140. The van der Waals surface area contributed by atoms with Gasteiger partial charge in [0.25, 0.3) is 0 Å². The van der Waals surface area contributed by atoms with Crippen molar-refractivity contribution in [2.45, 2.75) is 19.4 Å². The Balaban J connectivity index is 1.53. The first kappa shape index (κ1) is 23.9. The number of aryl methyl sites for hydroxylation is 1. The Hall–Kier alpha value is -3.79. The standard InChI is InChI=1S/C25H21ClF3N5O2/c1-14-11-33(13-30-14)22-4-3-17(10-23(22)35-2)31-20-9-16(26)12-34-21(5-6-36-32-25(20)34)15-7-18(27)24(29)19(28)8-15/h3-4,7-11,13,21H,5-6,12H2,1-2H3. The number of nitrogens with zero attached hydrogens (tertiary/aromatic N) is 5. The summed E-state index contributed by atoms with van der Waals surface area (Å²) in [6, 6.07) is 6.82. The summed E-state index contributed by atoms with van der Waals surface area (Å²) < 4.78 is 49.0. The van der Waals surface area contributed by atoms with E-state index < -0.39 is 23.5 Å². The van der Waals surface area contributed by atoms with Gasteiger partial charge in [-0.1, -0.05) is 16.8 Å². The fourth-order valence-electron chi connectivity index (χ4n) is 4.26. The van der Waals surface area contributed by atoms with Crippen molar-refractivity contribution < 1.29 is 22.7 Å². The highest BCUT2D eigenvalue weighted by molar-refractivity contribution is 6.49. The van der Waals surface area contributed by atoms with E-state index in [4.69, 9.17) is 26.2 Å². The number of oxime groups is 1. The fourth-order valence-corrected chi connectivity index (χ4v) is 4.50. The van der Waals surface area contributed by atoms with E-state index in [1.54, 1.807) is 36.5 Å². The maximum atomic E-state index is 14.0. The van der Waals surface area contributed by atoms with E-state index in [2.05, 4.69) is 10.1 Å². The van der Waals surface area contributed by atoms with Crippen LogP contribution in [0.2, 0.25) is 0 Å². The smallest absolute Gasteiger partial charge is 0.195 e. The predicted octanol–water partition coefficient (Wildman–Crippen LogP) is 5.59. The molecule has 0 saturated heterocycles. The van der Waals surface area contributed by atoms with Crippen molar-refractivity contribution in [3.05, 3.63) is 82.7 Å². The van der Waals surface area contributed by atoms with Crippen molar-refractivity contribution in [3.8, 4) is 11.4 Å². The molecule has 3 aromatic rings. The lowest BCUT2D eigenvalue weighted by Crippen LogP contribution is -2.42. The minimum absolute atomic E-state index is 0.184. The first-order valence-corrected chi connectivity index (χ1v) is 11.5. The largest absolute Gasteiger partial charge is 0.494 e. The van der Waals surface area contributed by atoms with Crippen molar-refractivity contribution in [1.82, 2.24) is 14.5 Å². The van der Waals surface area contributed by atoms with Crippen molar-refractivity contribution >= 4 is 28.8 Å². The summed E-state index contributed by atoms with van der Waals surface area (Å²) in [5.74, 6) is -3.12.